The van der Waals surface area contributed by atoms with Gasteiger partial charge < -0.3 is 4.74 Å². The van der Waals surface area contributed by atoms with E-state index in [1.807, 2.05) is 6.92 Å². The van der Waals surface area contributed by atoms with Crippen molar-refractivity contribution >= 4 is 42.9 Å². The molecule has 1 aromatic carbocycles. The number of benzene rings is 1. The largest absolute Gasteiger partial charge is 0.490 e. The van der Waals surface area contributed by atoms with Crippen molar-refractivity contribution in [2.75, 3.05) is 12.4 Å². The quantitative estimate of drug-likeness (QED) is 0.690. The predicted octanol–water partition coefficient (Wildman–Crippen LogP) is 4.36. The number of halogens is 3. The lowest BCUT2D eigenvalue weighted by atomic mass is 10.1. The lowest BCUT2D eigenvalue weighted by Gasteiger charge is -2.16. The first-order valence-electron chi connectivity index (χ1n) is 5.82. The second-order valence-corrected chi connectivity index (χ2v) is 7.86. The van der Waals surface area contributed by atoms with Gasteiger partial charge in [0.15, 0.2) is 5.75 Å². The molecule has 0 fully saturated rings. The van der Waals surface area contributed by atoms with Crippen LogP contribution >= 0.6 is 33.9 Å². The van der Waals surface area contributed by atoms with Gasteiger partial charge in [-0.15, -0.1) is 0 Å². The van der Waals surface area contributed by atoms with Crippen molar-refractivity contribution < 1.29 is 13.2 Å². The Labute approximate surface area is 128 Å². The zero-order chi connectivity index (χ0) is 14.5. The van der Waals surface area contributed by atoms with E-state index in [1.54, 1.807) is 18.2 Å². The first-order valence-corrected chi connectivity index (χ1v) is 9.06. The van der Waals surface area contributed by atoms with E-state index in [0.29, 0.717) is 22.2 Å². The first-order chi connectivity index (χ1) is 8.83. The first kappa shape index (κ1) is 16.9. The second kappa shape index (κ2) is 7.58. The molecule has 108 valence electrons. The van der Waals surface area contributed by atoms with Crippen LogP contribution in [0.4, 0.5) is 0 Å². The van der Waals surface area contributed by atoms with Crippen LogP contribution in [0.1, 0.15) is 19.8 Å². The maximum Gasteiger partial charge on any atom is 0.232 e. The summed E-state index contributed by atoms with van der Waals surface area (Å²) in [4.78, 5) is 0. The maximum absolute atomic E-state index is 11.1. The molecule has 0 radical (unpaired) electrons. The molecule has 0 aliphatic rings. The van der Waals surface area contributed by atoms with Crippen molar-refractivity contribution in [3.63, 3.8) is 0 Å². The Morgan fingerprint density at radius 2 is 1.84 bits per heavy atom. The van der Waals surface area contributed by atoms with Gasteiger partial charge in [-0.05, 0) is 18.6 Å². The molecule has 0 N–H and O–H groups in total. The monoisotopic (exact) mass is 344 g/mol. The minimum absolute atomic E-state index is 0.121. The van der Waals surface area contributed by atoms with Gasteiger partial charge in [-0.25, -0.2) is 8.42 Å². The van der Waals surface area contributed by atoms with Crippen LogP contribution in [-0.4, -0.2) is 20.8 Å². The molecule has 1 atom stereocenters. The molecule has 0 saturated heterocycles. The Hall–Kier alpha value is -0.160. The van der Waals surface area contributed by atoms with Crippen molar-refractivity contribution in [2.45, 2.75) is 19.8 Å². The zero-order valence-corrected chi connectivity index (χ0v) is 13.5. The highest BCUT2D eigenvalue weighted by molar-refractivity contribution is 8.13. The van der Waals surface area contributed by atoms with E-state index in [-0.39, 0.29) is 18.3 Å². The fourth-order valence-electron chi connectivity index (χ4n) is 1.73. The van der Waals surface area contributed by atoms with Crippen molar-refractivity contribution in [2.24, 2.45) is 5.92 Å². The van der Waals surface area contributed by atoms with Gasteiger partial charge in [0, 0.05) is 16.6 Å². The Morgan fingerprint density at radius 1 is 1.26 bits per heavy atom. The van der Waals surface area contributed by atoms with Gasteiger partial charge in [0.1, 0.15) is 0 Å². The van der Waals surface area contributed by atoms with Gasteiger partial charge in [-0.2, -0.15) is 0 Å². The summed E-state index contributed by atoms with van der Waals surface area (Å²) in [5.74, 6) is 0.0727. The van der Waals surface area contributed by atoms with Crippen LogP contribution in [0.3, 0.4) is 0 Å². The molecule has 0 amide bonds. The van der Waals surface area contributed by atoms with Gasteiger partial charge >= 0.3 is 0 Å². The van der Waals surface area contributed by atoms with Crippen LogP contribution in [0.25, 0.3) is 0 Å². The summed E-state index contributed by atoms with van der Waals surface area (Å²) >= 11 is 11.9. The standard InChI is InChI=1S/C12H15Cl3O3S/c1-2-4-9(8-19(15,16)17)7-18-12-10(13)5-3-6-11(12)14/h3,5-6,9H,2,4,7-8H2,1H3. The fraction of sp³-hybridized carbons (Fsp3) is 0.500. The van der Waals surface area contributed by atoms with E-state index < -0.39 is 9.05 Å². The predicted molar refractivity (Wildman–Crippen MR) is 80.0 cm³/mol. The van der Waals surface area contributed by atoms with Crippen molar-refractivity contribution in [3.8, 4) is 5.75 Å². The topological polar surface area (TPSA) is 43.4 Å². The zero-order valence-electron chi connectivity index (χ0n) is 10.4. The molecule has 1 unspecified atom stereocenters. The number of hydrogen-bond donors (Lipinski definition) is 0. The molecule has 7 heteroatoms. The van der Waals surface area contributed by atoms with Crippen LogP contribution < -0.4 is 4.74 Å². The Morgan fingerprint density at radius 3 is 2.32 bits per heavy atom. The normalized spacial score (nSPS) is 13.3. The summed E-state index contributed by atoms with van der Waals surface area (Å²) in [7, 11) is 1.73. The Balaban J connectivity index is 2.71. The molecule has 0 spiro atoms. The highest BCUT2D eigenvalue weighted by Crippen LogP contribution is 2.32. The average Bonchev–Trinajstić information content (AvgIpc) is 2.26. The third kappa shape index (κ3) is 6.21. The maximum atomic E-state index is 11.1. The molecule has 0 aliphatic heterocycles. The van der Waals surface area contributed by atoms with Crippen molar-refractivity contribution in [3.05, 3.63) is 28.2 Å². The molecule has 3 nitrogen and oxygen atoms in total. The molecule has 0 bridgehead atoms. The summed E-state index contributed by atoms with van der Waals surface area (Å²) in [6.07, 6.45) is 1.55. The van der Waals surface area contributed by atoms with Gasteiger partial charge in [0.05, 0.1) is 22.4 Å². The summed E-state index contributed by atoms with van der Waals surface area (Å²) in [6.45, 7) is 2.18. The highest BCUT2D eigenvalue weighted by Gasteiger charge is 2.18. The summed E-state index contributed by atoms with van der Waals surface area (Å²) in [5.41, 5.74) is 0. The number of para-hydroxylation sites is 1. The van der Waals surface area contributed by atoms with Gasteiger partial charge in [-0.1, -0.05) is 42.6 Å². The van der Waals surface area contributed by atoms with Gasteiger partial charge in [-0.3, -0.25) is 0 Å². The van der Waals surface area contributed by atoms with Crippen molar-refractivity contribution in [1.29, 1.82) is 0 Å². The SMILES string of the molecule is CCCC(COc1c(Cl)cccc1Cl)CS(=O)(=O)Cl. The number of ether oxygens (including phenoxy) is 1. The molecular formula is C12H15Cl3O3S. The van der Waals surface area contributed by atoms with Crippen LogP contribution in [0.2, 0.25) is 10.0 Å². The van der Waals surface area contributed by atoms with Crippen LogP contribution in [0.5, 0.6) is 5.75 Å². The summed E-state index contributed by atoms with van der Waals surface area (Å²) in [5, 5.41) is 0.799. The van der Waals surface area contributed by atoms with Crippen molar-refractivity contribution in [1.82, 2.24) is 0 Å². The smallest absolute Gasteiger partial charge is 0.232 e. The lowest BCUT2D eigenvalue weighted by Crippen LogP contribution is -2.19. The molecule has 0 aliphatic carbocycles. The van der Waals surface area contributed by atoms with Crippen LogP contribution in [-0.2, 0) is 9.05 Å². The fourth-order valence-corrected chi connectivity index (χ4v) is 3.59. The van der Waals surface area contributed by atoms with Crippen LogP contribution in [0, 0.1) is 5.92 Å². The van der Waals surface area contributed by atoms with E-state index in [2.05, 4.69) is 0 Å². The summed E-state index contributed by atoms with van der Waals surface area (Å²) in [6, 6.07) is 5.04. The molecule has 19 heavy (non-hydrogen) atoms. The number of hydrogen-bond acceptors (Lipinski definition) is 3. The van der Waals surface area contributed by atoms with E-state index in [1.165, 1.54) is 0 Å². The highest BCUT2D eigenvalue weighted by atomic mass is 35.7. The van der Waals surface area contributed by atoms with Crippen LogP contribution in [0.15, 0.2) is 18.2 Å². The molecular weight excluding hydrogens is 331 g/mol. The molecule has 0 saturated carbocycles. The average molecular weight is 346 g/mol. The third-order valence-electron chi connectivity index (χ3n) is 2.51. The minimum Gasteiger partial charge on any atom is -0.490 e. The van der Waals surface area contributed by atoms with E-state index >= 15 is 0 Å². The molecule has 1 rings (SSSR count). The Kier molecular flexibility index (Phi) is 6.74. The third-order valence-corrected chi connectivity index (χ3v) is 4.36. The minimum atomic E-state index is -3.54. The van der Waals surface area contributed by atoms with E-state index in [0.717, 1.165) is 6.42 Å². The second-order valence-electron chi connectivity index (χ2n) is 4.22. The molecule has 0 aromatic heterocycles. The Bertz CT molecular complexity index is 497. The molecule has 1 aromatic rings. The van der Waals surface area contributed by atoms with E-state index in [4.69, 9.17) is 38.6 Å². The lowest BCUT2D eigenvalue weighted by molar-refractivity contribution is 0.253. The molecule has 0 heterocycles. The summed E-state index contributed by atoms with van der Waals surface area (Å²) < 4.78 is 27.8. The van der Waals surface area contributed by atoms with E-state index in [9.17, 15) is 8.42 Å². The van der Waals surface area contributed by atoms with Gasteiger partial charge in [0.2, 0.25) is 9.05 Å². The number of rotatable bonds is 7. The van der Waals surface area contributed by atoms with Gasteiger partial charge in [0.25, 0.3) is 0 Å².